The van der Waals surface area contributed by atoms with Crippen molar-refractivity contribution in [3.05, 3.63) is 64.1 Å². The highest BCUT2D eigenvalue weighted by Crippen LogP contribution is 2.32. The van der Waals surface area contributed by atoms with Crippen LogP contribution < -0.4 is 4.74 Å². The zero-order valence-electron chi connectivity index (χ0n) is 17.0. The number of carbonyl (C=O) groups is 2. The molecular weight excluding hydrogens is 356 g/mol. The van der Waals surface area contributed by atoms with E-state index in [1.807, 2.05) is 44.2 Å². The van der Waals surface area contributed by atoms with Crippen molar-refractivity contribution in [1.29, 1.82) is 0 Å². The summed E-state index contributed by atoms with van der Waals surface area (Å²) < 4.78 is 12.2. The molecule has 0 saturated heterocycles. The Balaban J connectivity index is 2.10. The Kier molecular flexibility index (Phi) is 5.14. The number of benzene rings is 1. The molecule has 2 aromatic rings. The van der Waals surface area contributed by atoms with Crippen LogP contribution in [0.3, 0.4) is 0 Å². The maximum atomic E-state index is 12.7. The van der Waals surface area contributed by atoms with E-state index >= 15 is 0 Å². The molecule has 146 valence electrons. The summed E-state index contributed by atoms with van der Waals surface area (Å²) in [4.78, 5) is 26.4. The summed E-state index contributed by atoms with van der Waals surface area (Å²) in [6.07, 6.45) is 1.77. The summed E-state index contributed by atoms with van der Waals surface area (Å²) in [5.41, 5.74) is 5.11. The first-order chi connectivity index (χ1) is 13.3. The van der Waals surface area contributed by atoms with Crippen LogP contribution in [0.5, 0.6) is 5.75 Å². The van der Waals surface area contributed by atoms with E-state index in [1.54, 1.807) is 27.2 Å². The smallest absolute Gasteiger partial charge is 0.340 e. The fourth-order valence-electron chi connectivity index (χ4n) is 3.51. The van der Waals surface area contributed by atoms with Crippen LogP contribution >= 0.6 is 0 Å². The van der Waals surface area contributed by atoms with Crippen LogP contribution in [0.2, 0.25) is 0 Å². The molecule has 0 bridgehead atoms. The number of aryl methyl sites for hydroxylation is 1. The van der Waals surface area contributed by atoms with Gasteiger partial charge in [-0.25, -0.2) is 4.79 Å². The van der Waals surface area contributed by atoms with Gasteiger partial charge in [-0.3, -0.25) is 4.79 Å². The number of amides is 1. The fourth-order valence-corrected chi connectivity index (χ4v) is 3.51. The summed E-state index contributed by atoms with van der Waals surface area (Å²) in [5, 5.41) is 0. The number of ether oxygens (including phenoxy) is 2. The molecule has 28 heavy (non-hydrogen) atoms. The van der Waals surface area contributed by atoms with Gasteiger partial charge in [0.15, 0.2) is 0 Å². The van der Waals surface area contributed by atoms with Gasteiger partial charge < -0.3 is 18.9 Å². The molecule has 0 saturated carbocycles. The maximum absolute atomic E-state index is 12.7. The SMILES string of the molecule is COC(=O)C1=C(C)N(C)C(=O)/C1=C\c1cc(C)n(-c2ccc(OC)cc2)c1C. The normalized spacial score (nSPS) is 15.6. The number of allylic oxidation sites excluding steroid dienone is 1. The Bertz CT molecular complexity index is 1010. The lowest BCUT2D eigenvalue weighted by molar-refractivity contribution is -0.136. The lowest BCUT2D eigenvalue weighted by Crippen LogP contribution is -2.19. The van der Waals surface area contributed by atoms with E-state index in [0.29, 0.717) is 16.8 Å². The first kappa shape index (κ1) is 19.5. The molecule has 6 heteroatoms. The maximum Gasteiger partial charge on any atom is 0.340 e. The van der Waals surface area contributed by atoms with Gasteiger partial charge in [0.1, 0.15) is 5.75 Å². The average Bonchev–Trinajstić information content (AvgIpc) is 3.09. The first-order valence-electron chi connectivity index (χ1n) is 8.92. The van der Waals surface area contributed by atoms with Gasteiger partial charge in [0, 0.05) is 29.8 Å². The van der Waals surface area contributed by atoms with Crippen molar-refractivity contribution in [3.8, 4) is 11.4 Å². The van der Waals surface area contributed by atoms with Crippen molar-refractivity contribution in [1.82, 2.24) is 9.47 Å². The minimum absolute atomic E-state index is 0.216. The lowest BCUT2D eigenvalue weighted by atomic mass is 10.0. The molecule has 2 heterocycles. The number of rotatable bonds is 4. The molecule has 0 fully saturated rings. The van der Waals surface area contributed by atoms with Crippen molar-refractivity contribution >= 4 is 18.0 Å². The molecule has 0 unspecified atom stereocenters. The van der Waals surface area contributed by atoms with E-state index < -0.39 is 5.97 Å². The third-order valence-electron chi connectivity index (χ3n) is 5.16. The summed E-state index contributed by atoms with van der Waals surface area (Å²) in [6.45, 7) is 5.73. The molecular formula is C22H24N2O4. The van der Waals surface area contributed by atoms with Crippen LogP contribution in [-0.2, 0) is 14.3 Å². The molecule has 1 aromatic carbocycles. The third-order valence-corrected chi connectivity index (χ3v) is 5.16. The number of hydrogen-bond donors (Lipinski definition) is 0. The highest BCUT2D eigenvalue weighted by atomic mass is 16.5. The predicted molar refractivity (Wildman–Crippen MR) is 107 cm³/mol. The number of carbonyl (C=O) groups excluding carboxylic acids is 2. The van der Waals surface area contributed by atoms with Gasteiger partial charge in [0.2, 0.25) is 0 Å². The van der Waals surface area contributed by atoms with Crippen LogP contribution in [-0.4, -0.2) is 42.6 Å². The van der Waals surface area contributed by atoms with Crippen LogP contribution in [0, 0.1) is 13.8 Å². The van der Waals surface area contributed by atoms with Gasteiger partial charge >= 0.3 is 5.97 Å². The Hall–Kier alpha value is -3.28. The molecule has 0 N–H and O–H groups in total. The minimum Gasteiger partial charge on any atom is -0.497 e. The van der Waals surface area contributed by atoms with Crippen molar-refractivity contribution in [3.63, 3.8) is 0 Å². The topological polar surface area (TPSA) is 60.8 Å². The quantitative estimate of drug-likeness (QED) is 0.602. The van der Waals surface area contributed by atoms with Gasteiger partial charge in [-0.15, -0.1) is 0 Å². The van der Waals surface area contributed by atoms with Crippen LogP contribution in [0.15, 0.2) is 47.2 Å². The number of aromatic nitrogens is 1. The standard InChI is InChI=1S/C22H24N2O4/c1-13-11-16(14(2)24(13)17-7-9-18(27-5)10-8-17)12-19-20(22(26)28-6)15(3)23(4)21(19)25/h7-12H,1-6H3/b19-12-. The summed E-state index contributed by atoms with van der Waals surface area (Å²) >= 11 is 0. The summed E-state index contributed by atoms with van der Waals surface area (Å²) in [6, 6.07) is 9.78. The van der Waals surface area contributed by atoms with E-state index in [1.165, 1.54) is 12.0 Å². The zero-order valence-corrected chi connectivity index (χ0v) is 17.0. The third kappa shape index (κ3) is 3.11. The van der Waals surface area contributed by atoms with Gasteiger partial charge in [0.05, 0.1) is 25.4 Å². The molecule has 6 nitrogen and oxygen atoms in total. The van der Waals surface area contributed by atoms with Crippen LogP contribution in [0.4, 0.5) is 0 Å². The summed E-state index contributed by atoms with van der Waals surface area (Å²) in [7, 11) is 4.61. The Morgan fingerprint density at radius 3 is 2.29 bits per heavy atom. The lowest BCUT2D eigenvalue weighted by Gasteiger charge is -2.10. The van der Waals surface area contributed by atoms with Crippen LogP contribution in [0.1, 0.15) is 23.9 Å². The number of esters is 1. The van der Waals surface area contributed by atoms with Gasteiger partial charge in [0.25, 0.3) is 5.91 Å². The molecule has 0 aliphatic carbocycles. The molecule has 0 radical (unpaired) electrons. The van der Waals surface area contributed by atoms with Crippen molar-refractivity contribution < 1.29 is 19.1 Å². The highest BCUT2D eigenvalue weighted by molar-refractivity contribution is 6.16. The first-order valence-corrected chi connectivity index (χ1v) is 8.92. The monoisotopic (exact) mass is 380 g/mol. The van der Waals surface area contributed by atoms with Crippen LogP contribution in [0.25, 0.3) is 11.8 Å². The summed E-state index contributed by atoms with van der Waals surface area (Å²) in [5.74, 6) is 0.0639. The van der Waals surface area contributed by atoms with E-state index in [9.17, 15) is 9.59 Å². The van der Waals surface area contributed by atoms with Gasteiger partial charge in [-0.2, -0.15) is 0 Å². The van der Waals surface area contributed by atoms with E-state index in [0.717, 1.165) is 28.4 Å². The molecule has 1 aromatic heterocycles. The van der Waals surface area contributed by atoms with E-state index in [4.69, 9.17) is 9.47 Å². The fraction of sp³-hybridized carbons (Fsp3) is 0.273. The van der Waals surface area contributed by atoms with Gasteiger partial charge in [-0.05, 0) is 62.7 Å². The minimum atomic E-state index is -0.509. The Morgan fingerprint density at radius 2 is 1.71 bits per heavy atom. The second-order valence-corrected chi connectivity index (χ2v) is 6.73. The van der Waals surface area contributed by atoms with E-state index in [-0.39, 0.29) is 5.91 Å². The Morgan fingerprint density at radius 1 is 1.07 bits per heavy atom. The molecule has 1 aliphatic heterocycles. The molecule has 3 rings (SSSR count). The number of methoxy groups -OCH3 is 2. The predicted octanol–water partition coefficient (Wildman–Crippen LogP) is 3.41. The van der Waals surface area contributed by atoms with Crippen molar-refractivity contribution in [2.75, 3.05) is 21.3 Å². The second-order valence-electron chi connectivity index (χ2n) is 6.73. The molecule has 1 amide bonds. The van der Waals surface area contributed by atoms with Gasteiger partial charge in [-0.1, -0.05) is 0 Å². The largest absolute Gasteiger partial charge is 0.497 e. The molecule has 0 spiro atoms. The van der Waals surface area contributed by atoms with Crippen molar-refractivity contribution in [2.45, 2.75) is 20.8 Å². The zero-order chi connectivity index (χ0) is 20.6. The van der Waals surface area contributed by atoms with E-state index in [2.05, 4.69) is 4.57 Å². The molecule has 0 atom stereocenters. The number of hydrogen-bond acceptors (Lipinski definition) is 4. The Labute approximate surface area is 164 Å². The second kappa shape index (κ2) is 7.38. The average molecular weight is 380 g/mol. The van der Waals surface area contributed by atoms with Crippen molar-refractivity contribution in [2.24, 2.45) is 0 Å². The highest BCUT2D eigenvalue weighted by Gasteiger charge is 2.35. The molecule has 1 aliphatic rings. The number of likely N-dealkylation sites (N-methyl/N-ethyl adjacent to an activating group) is 1. The number of nitrogens with zero attached hydrogens (tertiary/aromatic N) is 2.